The second-order valence-corrected chi connectivity index (χ2v) is 8.93. The maximum Gasteiger partial charge on any atom is 0.257 e. The van der Waals surface area contributed by atoms with Crippen molar-refractivity contribution in [3.05, 3.63) is 94.8 Å². The SMILES string of the molecule is COc1ccc(NC(=O)CC2(c3ccc(F)cc3)C(=O)NC(=S)N2CCc2ccc(Cl)cc2)cc1. The standard InChI is InChI=1S/C26H23ClFN3O3S/c1-34-22-12-10-21(11-13-22)29-23(32)16-26(18-4-8-20(28)9-5-18)24(33)30-25(35)31(26)15-14-17-2-6-19(27)7-3-17/h2-13H,14-16H2,1H3,(H,29,32)(H,30,33,35). The lowest BCUT2D eigenvalue weighted by atomic mass is 9.84. The lowest BCUT2D eigenvalue weighted by Gasteiger charge is -2.36. The summed E-state index contributed by atoms with van der Waals surface area (Å²) in [5, 5.41) is 6.37. The van der Waals surface area contributed by atoms with Gasteiger partial charge in [0.25, 0.3) is 5.91 Å². The Morgan fingerprint density at radius 1 is 1.09 bits per heavy atom. The van der Waals surface area contributed by atoms with E-state index < -0.39 is 23.2 Å². The Morgan fingerprint density at radius 2 is 1.74 bits per heavy atom. The lowest BCUT2D eigenvalue weighted by Crippen LogP contribution is -2.50. The van der Waals surface area contributed by atoms with E-state index in [4.69, 9.17) is 28.6 Å². The normalized spacial score (nSPS) is 17.3. The van der Waals surface area contributed by atoms with Crippen LogP contribution in [0.4, 0.5) is 10.1 Å². The Kier molecular flexibility index (Phi) is 7.33. The first kappa shape index (κ1) is 24.6. The molecule has 0 aromatic heterocycles. The fourth-order valence-corrected chi connectivity index (χ4v) is 4.62. The van der Waals surface area contributed by atoms with Crippen LogP contribution in [-0.4, -0.2) is 35.5 Å². The van der Waals surface area contributed by atoms with Gasteiger partial charge in [0, 0.05) is 17.3 Å². The van der Waals surface area contributed by atoms with Crippen LogP contribution in [0, 0.1) is 5.82 Å². The first-order chi connectivity index (χ1) is 16.8. The number of anilines is 1. The fraction of sp³-hybridized carbons (Fsp3) is 0.192. The average molecular weight is 512 g/mol. The second-order valence-electron chi connectivity index (χ2n) is 8.11. The third-order valence-corrected chi connectivity index (χ3v) is 6.53. The topological polar surface area (TPSA) is 70.7 Å². The fourth-order valence-electron chi connectivity index (χ4n) is 4.15. The minimum absolute atomic E-state index is 0.213. The van der Waals surface area contributed by atoms with Crippen molar-refractivity contribution < 1.29 is 18.7 Å². The van der Waals surface area contributed by atoms with Crippen LogP contribution in [-0.2, 0) is 21.5 Å². The van der Waals surface area contributed by atoms with Crippen molar-refractivity contribution in [3.63, 3.8) is 0 Å². The molecule has 180 valence electrons. The van der Waals surface area contributed by atoms with Gasteiger partial charge in [-0.1, -0.05) is 35.9 Å². The van der Waals surface area contributed by atoms with Gasteiger partial charge in [0.05, 0.1) is 13.5 Å². The van der Waals surface area contributed by atoms with Gasteiger partial charge < -0.3 is 20.3 Å². The maximum absolute atomic E-state index is 13.7. The van der Waals surface area contributed by atoms with Crippen molar-refractivity contribution in [3.8, 4) is 5.75 Å². The van der Waals surface area contributed by atoms with Crippen molar-refractivity contribution in [2.75, 3.05) is 19.0 Å². The molecule has 2 amide bonds. The molecule has 0 radical (unpaired) electrons. The molecule has 1 aliphatic rings. The Labute approximate surface area is 213 Å². The predicted molar refractivity (Wildman–Crippen MR) is 137 cm³/mol. The molecule has 1 aliphatic heterocycles. The van der Waals surface area contributed by atoms with Crippen LogP contribution in [0.2, 0.25) is 5.02 Å². The van der Waals surface area contributed by atoms with E-state index >= 15 is 0 Å². The van der Waals surface area contributed by atoms with Gasteiger partial charge in [0.1, 0.15) is 11.6 Å². The largest absolute Gasteiger partial charge is 0.497 e. The summed E-state index contributed by atoms with van der Waals surface area (Å²) in [6, 6.07) is 19.8. The summed E-state index contributed by atoms with van der Waals surface area (Å²) >= 11 is 11.5. The highest BCUT2D eigenvalue weighted by Crippen LogP contribution is 2.37. The number of thiocarbonyl (C=S) groups is 1. The molecule has 2 N–H and O–H groups in total. The Balaban J connectivity index is 1.65. The van der Waals surface area contributed by atoms with Crippen molar-refractivity contribution >= 4 is 46.4 Å². The van der Waals surface area contributed by atoms with Gasteiger partial charge in [-0.25, -0.2) is 4.39 Å². The van der Waals surface area contributed by atoms with E-state index in [9.17, 15) is 14.0 Å². The smallest absolute Gasteiger partial charge is 0.257 e. The van der Waals surface area contributed by atoms with Gasteiger partial charge in [-0.15, -0.1) is 0 Å². The molecule has 0 bridgehead atoms. The number of hydrogen-bond donors (Lipinski definition) is 2. The van der Waals surface area contributed by atoms with Crippen molar-refractivity contribution in [1.29, 1.82) is 0 Å². The van der Waals surface area contributed by atoms with Crippen molar-refractivity contribution in [1.82, 2.24) is 10.2 Å². The van der Waals surface area contributed by atoms with E-state index in [0.29, 0.717) is 35.0 Å². The van der Waals surface area contributed by atoms with Gasteiger partial charge >= 0.3 is 0 Å². The molecule has 6 nitrogen and oxygen atoms in total. The molecule has 35 heavy (non-hydrogen) atoms. The van der Waals surface area contributed by atoms with E-state index in [2.05, 4.69) is 10.6 Å². The highest BCUT2D eigenvalue weighted by Gasteiger charge is 2.53. The zero-order valence-corrected chi connectivity index (χ0v) is 20.5. The second kappa shape index (κ2) is 10.4. The molecule has 1 unspecified atom stereocenters. The van der Waals surface area contributed by atoms with Gasteiger partial charge in [-0.2, -0.15) is 0 Å². The van der Waals surface area contributed by atoms with Gasteiger partial charge in [-0.3, -0.25) is 9.59 Å². The average Bonchev–Trinajstić information content (AvgIpc) is 3.08. The third kappa shape index (κ3) is 5.28. The molecule has 3 aromatic carbocycles. The van der Waals surface area contributed by atoms with Crippen LogP contribution in [0.15, 0.2) is 72.8 Å². The molecular formula is C26H23ClFN3O3S. The number of ether oxygens (including phenoxy) is 1. The van der Waals surface area contributed by atoms with Crippen LogP contribution in [0.5, 0.6) is 5.75 Å². The highest BCUT2D eigenvalue weighted by atomic mass is 35.5. The number of nitrogens with zero attached hydrogens (tertiary/aromatic N) is 1. The summed E-state index contributed by atoms with van der Waals surface area (Å²) in [5.74, 6) is -0.620. The Morgan fingerprint density at radius 3 is 2.37 bits per heavy atom. The number of carbonyl (C=O) groups is 2. The van der Waals surface area contributed by atoms with E-state index in [1.165, 1.54) is 24.3 Å². The minimum atomic E-state index is -1.44. The van der Waals surface area contributed by atoms with Crippen molar-refractivity contribution in [2.24, 2.45) is 0 Å². The van der Waals surface area contributed by atoms with Crippen LogP contribution in [0.25, 0.3) is 0 Å². The summed E-state index contributed by atoms with van der Waals surface area (Å²) < 4.78 is 18.9. The molecule has 1 fully saturated rings. The van der Waals surface area contributed by atoms with Gasteiger partial charge in [0.15, 0.2) is 10.7 Å². The van der Waals surface area contributed by atoms with Gasteiger partial charge in [0.2, 0.25) is 5.91 Å². The number of carbonyl (C=O) groups excluding carboxylic acids is 2. The molecule has 3 aromatic rings. The van der Waals surface area contributed by atoms with Crippen LogP contribution in [0.1, 0.15) is 17.5 Å². The monoisotopic (exact) mass is 511 g/mol. The number of benzene rings is 3. The minimum Gasteiger partial charge on any atom is -0.497 e. The molecule has 0 saturated carbocycles. The first-order valence-corrected chi connectivity index (χ1v) is 11.7. The molecule has 9 heteroatoms. The summed E-state index contributed by atoms with van der Waals surface area (Å²) in [7, 11) is 1.56. The van der Waals surface area contributed by atoms with E-state index in [-0.39, 0.29) is 11.5 Å². The Hall–Kier alpha value is -3.49. The number of rotatable bonds is 8. The third-order valence-electron chi connectivity index (χ3n) is 5.95. The lowest BCUT2D eigenvalue weighted by molar-refractivity contribution is -0.131. The van der Waals surface area contributed by atoms with Crippen LogP contribution < -0.4 is 15.4 Å². The highest BCUT2D eigenvalue weighted by molar-refractivity contribution is 7.80. The predicted octanol–water partition coefficient (Wildman–Crippen LogP) is 4.67. The molecular weight excluding hydrogens is 489 g/mol. The quantitative estimate of drug-likeness (QED) is 0.430. The summed E-state index contributed by atoms with van der Waals surface area (Å²) in [4.78, 5) is 28.3. The van der Waals surface area contributed by atoms with E-state index in [1.807, 2.05) is 12.1 Å². The number of amides is 2. The number of methoxy groups -OCH3 is 1. The summed E-state index contributed by atoms with van der Waals surface area (Å²) in [5.41, 5.74) is 0.580. The molecule has 0 spiro atoms. The number of hydrogen-bond acceptors (Lipinski definition) is 4. The summed E-state index contributed by atoms with van der Waals surface area (Å²) in [6.45, 7) is 0.354. The van der Waals surface area contributed by atoms with Crippen molar-refractivity contribution in [2.45, 2.75) is 18.4 Å². The van der Waals surface area contributed by atoms with E-state index in [1.54, 1.807) is 48.4 Å². The molecule has 0 aliphatic carbocycles. The molecule has 1 saturated heterocycles. The first-order valence-electron chi connectivity index (χ1n) is 10.9. The van der Waals surface area contributed by atoms with Crippen LogP contribution >= 0.6 is 23.8 Å². The van der Waals surface area contributed by atoms with Crippen LogP contribution in [0.3, 0.4) is 0 Å². The van der Waals surface area contributed by atoms with Gasteiger partial charge in [-0.05, 0) is 78.3 Å². The van der Waals surface area contributed by atoms with E-state index in [0.717, 1.165) is 5.56 Å². The Bertz CT molecular complexity index is 1240. The number of halogens is 2. The molecule has 4 rings (SSSR count). The zero-order valence-electron chi connectivity index (χ0n) is 18.9. The zero-order chi connectivity index (χ0) is 25.0. The maximum atomic E-state index is 13.7. The number of nitrogens with one attached hydrogen (secondary N) is 2. The molecule has 1 atom stereocenters. The molecule has 1 heterocycles. The summed E-state index contributed by atoms with van der Waals surface area (Å²) in [6.07, 6.45) is 0.326.